The smallest absolute Gasteiger partial charge is 0.408 e. The number of piperidine rings is 1. The molecule has 0 aliphatic carbocycles. The van der Waals surface area contributed by atoms with Crippen molar-refractivity contribution in [1.82, 2.24) is 25.4 Å². The zero-order valence-electron chi connectivity index (χ0n) is 15.1. The summed E-state index contributed by atoms with van der Waals surface area (Å²) in [5.41, 5.74) is 4.05. The predicted octanol–water partition coefficient (Wildman–Crippen LogP) is 1.81. The Hall–Kier alpha value is -2.74. The number of hydrazine groups is 2. The van der Waals surface area contributed by atoms with E-state index in [0.29, 0.717) is 6.54 Å². The molecule has 1 fully saturated rings. The molecule has 0 bridgehead atoms. The van der Waals surface area contributed by atoms with Gasteiger partial charge in [0.2, 0.25) is 0 Å². The van der Waals surface area contributed by atoms with E-state index in [0.717, 1.165) is 24.8 Å². The number of benzene rings is 1. The van der Waals surface area contributed by atoms with Gasteiger partial charge in [0.05, 0.1) is 0 Å². The van der Waals surface area contributed by atoms with Gasteiger partial charge in [0.15, 0.2) is 6.04 Å². The second kappa shape index (κ2) is 7.65. The predicted molar refractivity (Wildman–Crippen MR) is 96.2 cm³/mol. The third kappa shape index (κ3) is 3.60. The minimum atomic E-state index is -0.924. The molecule has 0 aromatic heterocycles. The van der Waals surface area contributed by atoms with Crippen molar-refractivity contribution in [3.05, 3.63) is 48.3 Å². The van der Waals surface area contributed by atoms with E-state index in [1.165, 1.54) is 4.90 Å². The van der Waals surface area contributed by atoms with E-state index >= 15 is 0 Å². The van der Waals surface area contributed by atoms with Crippen molar-refractivity contribution in [2.24, 2.45) is 0 Å². The van der Waals surface area contributed by atoms with E-state index in [-0.39, 0.29) is 12.1 Å². The number of hydrogen-bond donors (Lipinski definition) is 2. The van der Waals surface area contributed by atoms with Gasteiger partial charge in [0.1, 0.15) is 6.17 Å². The van der Waals surface area contributed by atoms with Gasteiger partial charge in [-0.05, 0) is 24.8 Å². The SMILES string of the molecule is CN(C)C(=O)C(c1ccccc1)N1C=CN(C2CCCCN2C(=O)O)N1. The molecule has 2 unspecified atom stereocenters. The first-order valence-electron chi connectivity index (χ1n) is 8.76. The second-order valence-corrected chi connectivity index (χ2v) is 6.71. The van der Waals surface area contributed by atoms with Crippen LogP contribution in [-0.4, -0.2) is 63.7 Å². The summed E-state index contributed by atoms with van der Waals surface area (Å²) in [4.78, 5) is 27.3. The van der Waals surface area contributed by atoms with Crippen LogP contribution in [0.2, 0.25) is 0 Å². The number of carbonyl (C=O) groups excluding carboxylic acids is 1. The second-order valence-electron chi connectivity index (χ2n) is 6.71. The Morgan fingerprint density at radius 3 is 2.58 bits per heavy atom. The van der Waals surface area contributed by atoms with Crippen LogP contribution in [0.15, 0.2) is 42.7 Å². The highest BCUT2D eigenvalue weighted by Crippen LogP contribution is 2.27. The lowest BCUT2D eigenvalue weighted by molar-refractivity contribution is -0.136. The summed E-state index contributed by atoms with van der Waals surface area (Å²) in [6, 6.07) is 9.00. The molecule has 1 aromatic carbocycles. The molecule has 2 N–H and O–H groups in total. The molecule has 2 atom stereocenters. The average Bonchev–Trinajstić information content (AvgIpc) is 3.12. The molecule has 0 spiro atoms. The highest BCUT2D eigenvalue weighted by atomic mass is 16.4. The van der Waals surface area contributed by atoms with Crippen molar-refractivity contribution < 1.29 is 14.7 Å². The first kappa shape index (κ1) is 18.1. The molecule has 2 amide bonds. The van der Waals surface area contributed by atoms with Gasteiger partial charge in [-0.15, -0.1) is 5.53 Å². The van der Waals surface area contributed by atoms with E-state index < -0.39 is 12.1 Å². The van der Waals surface area contributed by atoms with Gasteiger partial charge in [-0.1, -0.05) is 30.3 Å². The van der Waals surface area contributed by atoms with Gasteiger partial charge >= 0.3 is 6.09 Å². The maximum atomic E-state index is 12.8. The van der Waals surface area contributed by atoms with Crippen molar-refractivity contribution >= 4 is 12.0 Å². The molecule has 8 nitrogen and oxygen atoms in total. The molecule has 0 saturated carbocycles. The number of carbonyl (C=O) groups is 2. The van der Waals surface area contributed by atoms with Gasteiger partial charge in [-0.25, -0.2) is 4.79 Å². The summed E-state index contributed by atoms with van der Waals surface area (Å²) in [5, 5.41) is 13.0. The normalized spacial score (nSPS) is 21.0. The molecule has 8 heteroatoms. The van der Waals surface area contributed by atoms with Crippen LogP contribution in [0.4, 0.5) is 4.79 Å². The standard InChI is InChI=1S/C18H25N5O3/c1-20(2)17(24)16(14-8-4-3-5-9-14)23-13-12-22(19-23)15-10-6-7-11-21(15)18(25)26/h3-5,8-9,12-13,15-16,19H,6-7,10-11H2,1-2H3,(H,25,26). The Morgan fingerprint density at radius 1 is 1.19 bits per heavy atom. The number of carboxylic acid groups (broad SMARTS) is 1. The molecule has 2 heterocycles. The van der Waals surface area contributed by atoms with Crippen LogP contribution in [0.3, 0.4) is 0 Å². The van der Waals surface area contributed by atoms with Gasteiger partial charge < -0.3 is 10.0 Å². The molecule has 1 aromatic rings. The van der Waals surface area contributed by atoms with Crippen molar-refractivity contribution in [3.8, 4) is 0 Å². The van der Waals surface area contributed by atoms with Crippen LogP contribution >= 0.6 is 0 Å². The molecule has 1 saturated heterocycles. The van der Waals surface area contributed by atoms with E-state index in [9.17, 15) is 14.7 Å². The monoisotopic (exact) mass is 359 g/mol. The van der Waals surface area contributed by atoms with E-state index in [2.05, 4.69) is 5.53 Å². The maximum absolute atomic E-state index is 12.8. The highest BCUT2D eigenvalue weighted by molar-refractivity contribution is 5.83. The number of rotatable bonds is 4. The Morgan fingerprint density at radius 2 is 1.92 bits per heavy atom. The summed E-state index contributed by atoms with van der Waals surface area (Å²) < 4.78 is 0. The zero-order valence-corrected chi connectivity index (χ0v) is 15.1. The van der Waals surface area contributed by atoms with E-state index in [4.69, 9.17) is 0 Å². The van der Waals surface area contributed by atoms with Crippen molar-refractivity contribution in [3.63, 3.8) is 0 Å². The van der Waals surface area contributed by atoms with Crippen LogP contribution in [-0.2, 0) is 4.79 Å². The number of nitrogens with one attached hydrogen (secondary N) is 1. The lowest BCUT2D eigenvalue weighted by atomic mass is 10.1. The largest absolute Gasteiger partial charge is 0.465 e. The van der Waals surface area contributed by atoms with Crippen LogP contribution in [0, 0.1) is 0 Å². The van der Waals surface area contributed by atoms with Crippen LogP contribution in [0.1, 0.15) is 30.9 Å². The van der Waals surface area contributed by atoms with Crippen LogP contribution in [0.5, 0.6) is 0 Å². The number of nitrogens with zero attached hydrogens (tertiary/aromatic N) is 4. The minimum Gasteiger partial charge on any atom is -0.465 e. The quantitative estimate of drug-likeness (QED) is 0.854. The highest BCUT2D eigenvalue weighted by Gasteiger charge is 2.36. The maximum Gasteiger partial charge on any atom is 0.408 e. The number of amides is 2. The first-order valence-corrected chi connectivity index (χ1v) is 8.76. The first-order chi connectivity index (χ1) is 12.5. The topological polar surface area (TPSA) is 79.4 Å². The molecular weight excluding hydrogens is 334 g/mol. The van der Waals surface area contributed by atoms with Crippen molar-refractivity contribution in [2.75, 3.05) is 20.6 Å². The van der Waals surface area contributed by atoms with Crippen LogP contribution in [0.25, 0.3) is 0 Å². The molecule has 140 valence electrons. The average molecular weight is 359 g/mol. The molecular formula is C18H25N5O3. The zero-order chi connectivity index (χ0) is 18.7. The lowest BCUT2D eigenvalue weighted by Crippen LogP contribution is -2.57. The molecule has 3 rings (SSSR count). The van der Waals surface area contributed by atoms with E-state index in [1.54, 1.807) is 41.4 Å². The fraction of sp³-hybridized carbons (Fsp3) is 0.444. The Bertz CT molecular complexity index is 679. The number of hydrogen-bond acceptors (Lipinski definition) is 5. The third-order valence-corrected chi connectivity index (χ3v) is 4.72. The van der Waals surface area contributed by atoms with E-state index in [1.807, 2.05) is 30.3 Å². The minimum absolute atomic E-state index is 0.0612. The van der Waals surface area contributed by atoms with Crippen molar-refractivity contribution in [1.29, 1.82) is 0 Å². The molecule has 2 aliphatic rings. The summed E-state index contributed by atoms with van der Waals surface area (Å²) in [6.45, 7) is 0.519. The summed E-state index contributed by atoms with van der Waals surface area (Å²) in [6.07, 6.45) is 4.96. The van der Waals surface area contributed by atoms with Crippen molar-refractivity contribution in [2.45, 2.75) is 31.5 Å². The number of likely N-dealkylation sites (N-methyl/N-ethyl adjacent to an activating group) is 1. The molecule has 2 aliphatic heterocycles. The Labute approximate surface area is 153 Å². The third-order valence-electron chi connectivity index (χ3n) is 4.72. The van der Waals surface area contributed by atoms with Gasteiger partial charge in [-0.3, -0.25) is 19.7 Å². The van der Waals surface area contributed by atoms with Crippen LogP contribution < -0.4 is 5.53 Å². The fourth-order valence-corrected chi connectivity index (χ4v) is 3.38. The van der Waals surface area contributed by atoms with Gasteiger partial charge in [-0.2, -0.15) is 0 Å². The summed E-state index contributed by atoms with van der Waals surface area (Å²) >= 11 is 0. The lowest BCUT2D eigenvalue weighted by Gasteiger charge is -2.40. The molecule has 26 heavy (non-hydrogen) atoms. The fourth-order valence-electron chi connectivity index (χ4n) is 3.38. The van der Waals surface area contributed by atoms with Gasteiger partial charge in [0, 0.05) is 33.0 Å². The van der Waals surface area contributed by atoms with Gasteiger partial charge in [0.25, 0.3) is 5.91 Å². The summed E-state index contributed by atoms with van der Waals surface area (Å²) in [5.74, 6) is -0.0612. The summed E-state index contributed by atoms with van der Waals surface area (Å²) in [7, 11) is 3.45. The Balaban J connectivity index is 1.79. The number of likely N-dealkylation sites (tertiary alicyclic amines) is 1. The molecule has 0 radical (unpaired) electrons. The Kier molecular flexibility index (Phi) is 5.32.